The highest BCUT2D eigenvalue weighted by Gasteiger charge is 2.33. The molecule has 4 rings (SSSR count). The number of cyclic esters (lactones) is 2. The van der Waals surface area contributed by atoms with Crippen LogP contribution < -0.4 is 0 Å². The fraction of sp³-hybridized carbons (Fsp3) is 0.333. The van der Waals surface area contributed by atoms with Crippen LogP contribution in [0.15, 0.2) is 65.7 Å². The van der Waals surface area contributed by atoms with E-state index in [-0.39, 0.29) is 56.0 Å². The predicted molar refractivity (Wildman–Crippen MR) is 119 cm³/mol. The van der Waals surface area contributed by atoms with E-state index >= 15 is 0 Å². The number of rotatable bonds is 4. The molecule has 0 bridgehead atoms. The normalized spacial score (nSPS) is 21.4. The van der Waals surface area contributed by atoms with Crippen molar-refractivity contribution in [3.8, 4) is 0 Å². The first-order chi connectivity index (χ1) is 14.5. The summed E-state index contributed by atoms with van der Waals surface area (Å²) in [4.78, 5) is 38.6. The van der Waals surface area contributed by atoms with Gasteiger partial charge in [0.25, 0.3) is 0 Å². The van der Waals surface area contributed by atoms with Gasteiger partial charge in [0.05, 0.1) is 12.0 Å². The van der Waals surface area contributed by atoms with Crippen molar-refractivity contribution in [2.75, 3.05) is 6.79 Å². The molecule has 32 heavy (non-hydrogen) atoms. The van der Waals surface area contributed by atoms with Crippen LogP contribution in [0.1, 0.15) is 43.6 Å². The molecule has 1 saturated heterocycles. The molecular formula is C24H29NO7. The summed E-state index contributed by atoms with van der Waals surface area (Å²) in [6.45, 7) is 3.48. The second-order valence-corrected chi connectivity index (χ2v) is 6.95. The molecule has 1 fully saturated rings. The third-order valence-corrected chi connectivity index (χ3v) is 4.77. The summed E-state index contributed by atoms with van der Waals surface area (Å²) in [6, 6.07) is 18.0. The monoisotopic (exact) mass is 443 g/mol. The fourth-order valence-electron chi connectivity index (χ4n) is 2.95. The Kier molecular flexibility index (Phi) is 10.4. The van der Waals surface area contributed by atoms with Gasteiger partial charge in [0.2, 0.25) is 5.90 Å². The van der Waals surface area contributed by atoms with E-state index in [9.17, 15) is 14.4 Å². The molecule has 3 atom stereocenters. The van der Waals surface area contributed by atoms with E-state index in [1.54, 1.807) is 38.1 Å². The van der Waals surface area contributed by atoms with E-state index in [2.05, 4.69) is 4.99 Å². The van der Waals surface area contributed by atoms with Gasteiger partial charge in [-0.1, -0.05) is 56.0 Å². The molecule has 0 amide bonds. The maximum Gasteiger partial charge on any atom is 0.337 e. The van der Waals surface area contributed by atoms with Gasteiger partial charge in [-0.3, -0.25) is 9.59 Å². The number of carbonyl (C=O) groups is 3. The van der Waals surface area contributed by atoms with Gasteiger partial charge in [0.15, 0.2) is 12.6 Å². The maximum absolute atomic E-state index is 11.9. The first kappa shape index (κ1) is 26.7. The van der Waals surface area contributed by atoms with Gasteiger partial charge < -0.3 is 19.7 Å². The summed E-state index contributed by atoms with van der Waals surface area (Å²) < 4.78 is 15.0. The number of Topliss-reactive ketones (excluding diaryl/α,β-unsaturated/α-hetero) is 1. The Bertz CT molecular complexity index is 928. The van der Waals surface area contributed by atoms with Crippen molar-refractivity contribution < 1.29 is 34.1 Å². The average molecular weight is 443 g/mol. The van der Waals surface area contributed by atoms with Crippen LogP contribution in [0.25, 0.3) is 0 Å². The number of nitrogens with zero attached hydrogens (tertiary/aromatic N) is 1. The number of ketones is 1. The molecule has 2 heterocycles. The van der Waals surface area contributed by atoms with E-state index in [0.29, 0.717) is 11.5 Å². The van der Waals surface area contributed by atoms with Crippen LogP contribution >= 0.6 is 0 Å². The van der Waals surface area contributed by atoms with Crippen molar-refractivity contribution in [1.82, 2.24) is 0 Å². The van der Waals surface area contributed by atoms with Crippen molar-refractivity contribution in [3.05, 3.63) is 71.8 Å². The Balaban J connectivity index is 0.000000310. The molecule has 3 unspecified atom stereocenters. The maximum atomic E-state index is 11.9. The molecule has 2 aromatic carbocycles. The smallest absolute Gasteiger partial charge is 0.337 e. The summed E-state index contributed by atoms with van der Waals surface area (Å²) in [5, 5.41) is 0. The topological polar surface area (TPSA) is 123 Å². The van der Waals surface area contributed by atoms with Crippen LogP contribution in [0, 0.1) is 5.92 Å². The average Bonchev–Trinajstić information content (AvgIpc) is 3.11. The first-order valence-corrected chi connectivity index (χ1v) is 9.67. The quantitative estimate of drug-likeness (QED) is 0.529. The molecule has 0 aromatic heterocycles. The van der Waals surface area contributed by atoms with Crippen LogP contribution in [0.4, 0.5) is 0 Å². The zero-order valence-corrected chi connectivity index (χ0v) is 17.3. The van der Waals surface area contributed by atoms with Crippen LogP contribution in [0.3, 0.4) is 0 Å². The SMILES string of the molecule is C.CC1N=C(c2ccccc2)OC1=O.CC1OCOC(=O)C1CC(=O)c1ccccc1.O. The van der Waals surface area contributed by atoms with Crippen LogP contribution in [0.5, 0.6) is 0 Å². The summed E-state index contributed by atoms with van der Waals surface area (Å²) in [6.07, 6.45) is -0.145. The van der Waals surface area contributed by atoms with E-state index in [4.69, 9.17) is 14.2 Å². The molecular weight excluding hydrogens is 414 g/mol. The van der Waals surface area contributed by atoms with E-state index in [1.165, 1.54) is 0 Å². The first-order valence-electron chi connectivity index (χ1n) is 9.67. The summed E-state index contributed by atoms with van der Waals surface area (Å²) in [7, 11) is 0. The van der Waals surface area contributed by atoms with Crippen molar-refractivity contribution in [2.24, 2.45) is 10.9 Å². The molecule has 0 saturated carbocycles. The largest absolute Gasteiger partial charge is 0.438 e. The number of ether oxygens (including phenoxy) is 3. The molecule has 8 nitrogen and oxygen atoms in total. The molecule has 0 aliphatic carbocycles. The standard InChI is InChI=1S/C13H14O4.C10H9NO2.CH4.H2O/c1-9-11(13(15)17-8-16-9)7-12(14)10-5-3-2-4-6-10;1-7-10(12)13-9(11-7)8-5-3-2-4-6-8;;/h2-6,9,11H,7-8H2,1H3;2-7H,1H3;1H4;1H2. The summed E-state index contributed by atoms with van der Waals surface area (Å²) in [5.41, 5.74) is 1.46. The minimum atomic E-state index is -0.503. The summed E-state index contributed by atoms with van der Waals surface area (Å²) >= 11 is 0. The van der Waals surface area contributed by atoms with Gasteiger partial charge in [-0.25, -0.2) is 9.79 Å². The van der Waals surface area contributed by atoms with Crippen LogP contribution in [-0.2, 0) is 23.8 Å². The Labute approximate surface area is 187 Å². The Morgan fingerprint density at radius 2 is 1.56 bits per heavy atom. The van der Waals surface area contributed by atoms with Crippen LogP contribution in [-0.4, -0.2) is 48.0 Å². The minimum absolute atomic E-state index is 0. The number of carbonyl (C=O) groups excluding carboxylic acids is 3. The lowest BCUT2D eigenvalue weighted by atomic mass is 9.94. The van der Waals surface area contributed by atoms with E-state index in [1.807, 2.05) is 36.4 Å². The zero-order chi connectivity index (χ0) is 21.5. The second-order valence-electron chi connectivity index (χ2n) is 6.95. The number of benzene rings is 2. The lowest BCUT2D eigenvalue weighted by Crippen LogP contribution is -2.37. The molecule has 2 aliphatic rings. The fourth-order valence-corrected chi connectivity index (χ4v) is 2.95. The van der Waals surface area contributed by atoms with Crippen LogP contribution in [0.2, 0.25) is 0 Å². The van der Waals surface area contributed by atoms with Crippen molar-refractivity contribution in [3.63, 3.8) is 0 Å². The molecule has 0 radical (unpaired) electrons. The van der Waals surface area contributed by atoms with E-state index < -0.39 is 5.92 Å². The molecule has 2 N–H and O–H groups in total. The molecule has 172 valence electrons. The Hall–Kier alpha value is -3.36. The molecule has 8 heteroatoms. The highest BCUT2D eigenvalue weighted by molar-refractivity contribution is 6.06. The van der Waals surface area contributed by atoms with Gasteiger partial charge in [-0.05, 0) is 26.0 Å². The highest BCUT2D eigenvalue weighted by Crippen LogP contribution is 2.21. The number of hydrogen-bond donors (Lipinski definition) is 0. The number of aliphatic imine (C=N–C) groups is 1. The van der Waals surface area contributed by atoms with Gasteiger partial charge in [-0.15, -0.1) is 0 Å². The Morgan fingerprint density at radius 3 is 2.09 bits per heavy atom. The third-order valence-electron chi connectivity index (χ3n) is 4.77. The van der Waals surface area contributed by atoms with Crippen molar-refractivity contribution in [2.45, 2.75) is 39.8 Å². The third kappa shape index (κ3) is 6.83. The van der Waals surface area contributed by atoms with Gasteiger partial charge in [0, 0.05) is 17.5 Å². The lowest BCUT2D eigenvalue weighted by Gasteiger charge is -2.27. The predicted octanol–water partition coefficient (Wildman–Crippen LogP) is 2.98. The van der Waals surface area contributed by atoms with Gasteiger partial charge in [0.1, 0.15) is 6.04 Å². The van der Waals surface area contributed by atoms with Crippen molar-refractivity contribution in [1.29, 1.82) is 0 Å². The second kappa shape index (κ2) is 12.5. The lowest BCUT2D eigenvalue weighted by molar-refractivity contribution is -0.191. The summed E-state index contributed by atoms with van der Waals surface area (Å²) in [5.74, 6) is -0.772. The highest BCUT2D eigenvalue weighted by atomic mass is 16.7. The van der Waals surface area contributed by atoms with Gasteiger partial charge in [-0.2, -0.15) is 0 Å². The Morgan fingerprint density at radius 1 is 0.969 bits per heavy atom. The molecule has 0 spiro atoms. The minimum Gasteiger partial charge on any atom is -0.438 e. The van der Waals surface area contributed by atoms with E-state index in [0.717, 1.165) is 5.56 Å². The zero-order valence-electron chi connectivity index (χ0n) is 17.3. The van der Waals surface area contributed by atoms with Gasteiger partial charge >= 0.3 is 11.9 Å². The van der Waals surface area contributed by atoms with Crippen molar-refractivity contribution >= 4 is 23.6 Å². The number of hydrogen-bond acceptors (Lipinski definition) is 7. The number of esters is 2. The molecule has 2 aliphatic heterocycles. The molecule has 2 aromatic rings.